The zero-order chi connectivity index (χ0) is 31.7. The van der Waals surface area contributed by atoms with Crippen molar-refractivity contribution in [2.45, 2.75) is 79.0 Å². The van der Waals surface area contributed by atoms with Crippen molar-refractivity contribution in [3.63, 3.8) is 0 Å². The number of rotatable bonds is 11. The van der Waals surface area contributed by atoms with E-state index in [4.69, 9.17) is 33.5 Å². The molecular weight excluding hydrogens is 584 g/mol. The summed E-state index contributed by atoms with van der Waals surface area (Å²) in [5, 5.41) is 10.9. The third-order valence-corrected chi connectivity index (χ3v) is 7.57. The van der Waals surface area contributed by atoms with Gasteiger partial charge in [0.15, 0.2) is 23.6 Å². The maximum Gasteiger partial charge on any atom is 0.480 e. The highest BCUT2D eigenvalue weighted by Crippen LogP contribution is 2.52. The topological polar surface area (TPSA) is 216 Å². The van der Waals surface area contributed by atoms with Crippen LogP contribution in [-0.2, 0) is 41.9 Å². The standard InChI is InChI=1S/C24H37FN5O11P/c1-8-24(15(31)13(25)18(41-24)30-10-27-14-16(30)28-21(26)29-17(14)32)9-38-42(35,39-11-36-19(33)22(2,3)4)40-12-37-20(34)23(5,6)7/h10,13,15,18,31H,8-9,11-12H2,1-7H3,(H3,26,28,29,32)/t13-,15+,18?,24-/m1/s1. The Morgan fingerprint density at radius 3 is 2.19 bits per heavy atom. The molecule has 1 aliphatic heterocycles. The highest BCUT2D eigenvalue weighted by atomic mass is 31.2. The molecule has 0 bridgehead atoms. The molecule has 0 aliphatic carbocycles. The van der Waals surface area contributed by atoms with Crippen molar-refractivity contribution in [2.24, 2.45) is 10.8 Å². The number of phosphoric ester groups is 1. The van der Waals surface area contributed by atoms with Gasteiger partial charge in [-0.15, -0.1) is 0 Å². The minimum Gasteiger partial charge on any atom is -0.437 e. The second-order valence-corrected chi connectivity index (χ2v) is 13.3. The van der Waals surface area contributed by atoms with Crippen LogP contribution in [0.4, 0.5) is 10.3 Å². The number of fused-ring (bicyclic) bond motifs is 1. The Labute approximate surface area is 240 Å². The summed E-state index contributed by atoms with van der Waals surface area (Å²) in [5.74, 6) is -1.61. The van der Waals surface area contributed by atoms with Crippen LogP contribution in [0.2, 0.25) is 0 Å². The number of esters is 2. The van der Waals surface area contributed by atoms with Crippen molar-refractivity contribution >= 4 is 36.9 Å². The van der Waals surface area contributed by atoms with Gasteiger partial charge >= 0.3 is 19.8 Å². The summed E-state index contributed by atoms with van der Waals surface area (Å²) in [6.07, 6.45) is -4.42. The van der Waals surface area contributed by atoms with Crippen LogP contribution in [0.25, 0.3) is 11.2 Å². The molecule has 0 amide bonds. The van der Waals surface area contributed by atoms with Gasteiger partial charge in [-0.1, -0.05) is 6.92 Å². The number of nitrogens with zero attached hydrogens (tertiary/aromatic N) is 3. The van der Waals surface area contributed by atoms with Gasteiger partial charge in [-0.25, -0.2) is 23.0 Å². The van der Waals surface area contributed by atoms with E-state index in [0.717, 1.165) is 10.9 Å². The van der Waals surface area contributed by atoms with Gasteiger partial charge in [0.25, 0.3) is 5.56 Å². The van der Waals surface area contributed by atoms with E-state index in [9.17, 15) is 24.1 Å². The first kappa shape index (κ1) is 33.6. The van der Waals surface area contributed by atoms with Gasteiger partial charge in [0.05, 0.1) is 23.8 Å². The fourth-order valence-electron chi connectivity index (χ4n) is 3.70. The van der Waals surface area contributed by atoms with E-state index < -0.39 is 80.4 Å². The lowest BCUT2D eigenvalue weighted by Gasteiger charge is -2.31. The first-order valence-electron chi connectivity index (χ1n) is 12.9. The summed E-state index contributed by atoms with van der Waals surface area (Å²) in [4.78, 5) is 46.6. The van der Waals surface area contributed by atoms with E-state index in [1.807, 2.05) is 0 Å². The molecule has 16 nitrogen and oxygen atoms in total. The zero-order valence-electron chi connectivity index (χ0n) is 24.4. The van der Waals surface area contributed by atoms with Crippen molar-refractivity contribution in [2.75, 3.05) is 25.9 Å². The zero-order valence-corrected chi connectivity index (χ0v) is 25.3. The van der Waals surface area contributed by atoms with Crippen molar-refractivity contribution in [1.82, 2.24) is 19.5 Å². The number of aliphatic hydroxyl groups excluding tert-OH is 1. The molecule has 18 heteroatoms. The molecular formula is C24H37FN5O11P. The third kappa shape index (κ3) is 7.33. The van der Waals surface area contributed by atoms with Crippen LogP contribution < -0.4 is 11.3 Å². The second-order valence-electron chi connectivity index (χ2n) is 11.7. The molecule has 2 aromatic rings. The molecule has 236 valence electrons. The third-order valence-electron chi connectivity index (χ3n) is 6.29. The fourth-order valence-corrected chi connectivity index (χ4v) is 4.66. The molecule has 1 aliphatic rings. The van der Waals surface area contributed by atoms with Crippen molar-refractivity contribution in [3.05, 3.63) is 16.7 Å². The molecule has 3 heterocycles. The summed E-state index contributed by atoms with van der Waals surface area (Å²) in [6.45, 7) is 8.61. The number of nitrogens with two attached hydrogens (primary N) is 1. The molecule has 0 saturated carbocycles. The van der Waals surface area contributed by atoms with Gasteiger partial charge in [0, 0.05) is 0 Å². The van der Waals surface area contributed by atoms with Crippen molar-refractivity contribution in [1.29, 1.82) is 0 Å². The van der Waals surface area contributed by atoms with Crippen LogP contribution in [0.1, 0.15) is 61.1 Å². The Hall–Kier alpha value is -2.95. The van der Waals surface area contributed by atoms with Crippen molar-refractivity contribution in [3.8, 4) is 0 Å². The molecule has 42 heavy (non-hydrogen) atoms. The molecule has 0 aromatic carbocycles. The van der Waals surface area contributed by atoms with Crippen LogP contribution in [0.3, 0.4) is 0 Å². The molecule has 0 spiro atoms. The number of aromatic amines is 1. The van der Waals surface area contributed by atoms with Crippen LogP contribution >= 0.6 is 7.82 Å². The fraction of sp³-hybridized carbons (Fsp3) is 0.708. The number of H-pyrrole nitrogens is 1. The Morgan fingerprint density at radius 2 is 1.69 bits per heavy atom. The first-order chi connectivity index (χ1) is 19.3. The number of halogens is 1. The molecule has 0 radical (unpaired) electrons. The quantitative estimate of drug-likeness (QED) is 0.186. The average molecular weight is 622 g/mol. The highest BCUT2D eigenvalue weighted by Gasteiger charge is 2.56. The molecule has 3 rings (SSSR count). The number of alkyl halides is 1. The molecule has 1 fully saturated rings. The number of carbonyl (C=O) groups excluding carboxylic acids is 2. The van der Waals surface area contributed by atoms with E-state index in [1.165, 1.54) is 0 Å². The van der Waals surface area contributed by atoms with Crippen LogP contribution in [0.5, 0.6) is 0 Å². The largest absolute Gasteiger partial charge is 0.480 e. The minimum absolute atomic E-state index is 0.0636. The molecule has 1 saturated heterocycles. The number of phosphoric acid groups is 1. The molecule has 1 unspecified atom stereocenters. The lowest BCUT2D eigenvalue weighted by Crippen LogP contribution is -2.45. The minimum atomic E-state index is -4.68. The number of imidazole rings is 1. The maximum atomic E-state index is 15.5. The van der Waals surface area contributed by atoms with Gasteiger partial charge in [-0.3, -0.25) is 28.5 Å². The van der Waals surface area contributed by atoms with Gasteiger partial charge in [-0.2, -0.15) is 4.98 Å². The number of carbonyl (C=O) groups is 2. The maximum absolute atomic E-state index is 15.5. The smallest absolute Gasteiger partial charge is 0.437 e. The van der Waals surface area contributed by atoms with Crippen LogP contribution in [0, 0.1) is 10.8 Å². The Bertz CT molecular complexity index is 1370. The monoisotopic (exact) mass is 621 g/mol. The number of nitrogens with one attached hydrogen (secondary N) is 1. The summed E-state index contributed by atoms with van der Waals surface area (Å²) < 4.78 is 61.6. The van der Waals surface area contributed by atoms with E-state index in [-0.39, 0.29) is 23.5 Å². The van der Waals surface area contributed by atoms with Gasteiger partial charge in [0.1, 0.15) is 11.7 Å². The van der Waals surface area contributed by atoms with E-state index in [1.54, 1.807) is 48.5 Å². The van der Waals surface area contributed by atoms with Crippen LogP contribution in [-0.4, -0.2) is 74.6 Å². The number of ether oxygens (including phenoxy) is 3. The van der Waals surface area contributed by atoms with Crippen molar-refractivity contribution < 1.29 is 51.4 Å². The second kappa shape index (κ2) is 12.3. The normalized spacial score (nSPS) is 23.3. The number of aliphatic hydroxyl groups is 1. The number of hydrogen-bond acceptors (Lipinski definition) is 14. The SMILES string of the molecule is CC[C@]1(COP(=O)(OCOC(=O)C(C)(C)C)OCOC(=O)C(C)(C)C)OC(n2cnc3c(=O)[nH]c(N)nc32)[C@H](F)[C@@H]1O. The molecule has 2 aromatic heterocycles. The highest BCUT2D eigenvalue weighted by molar-refractivity contribution is 7.48. The van der Waals surface area contributed by atoms with Gasteiger partial charge < -0.3 is 25.1 Å². The van der Waals surface area contributed by atoms with E-state index >= 15 is 4.39 Å². The number of nitrogen functional groups attached to an aromatic ring is 1. The van der Waals surface area contributed by atoms with E-state index in [0.29, 0.717) is 0 Å². The average Bonchev–Trinajstić information content (AvgIpc) is 3.41. The summed E-state index contributed by atoms with van der Waals surface area (Å²) >= 11 is 0. The van der Waals surface area contributed by atoms with Gasteiger partial charge in [-0.05, 0) is 48.0 Å². The Kier molecular flexibility index (Phi) is 9.86. The van der Waals surface area contributed by atoms with Gasteiger partial charge in [0.2, 0.25) is 19.5 Å². The Morgan fingerprint density at radius 1 is 1.14 bits per heavy atom. The predicted octanol–water partition coefficient (Wildman–Crippen LogP) is 2.33. The lowest BCUT2D eigenvalue weighted by atomic mass is 9.94. The predicted molar refractivity (Wildman–Crippen MR) is 143 cm³/mol. The number of aromatic nitrogens is 4. The Balaban J connectivity index is 1.81. The first-order valence-corrected chi connectivity index (χ1v) is 14.4. The van der Waals surface area contributed by atoms with E-state index in [2.05, 4.69) is 15.0 Å². The number of anilines is 1. The van der Waals surface area contributed by atoms with Crippen LogP contribution in [0.15, 0.2) is 11.1 Å². The number of hydrogen-bond donors (Lipinski definition) is 3. The summed E-state index contributed by atoms with van der Waals surface area (Å²) in [7, 11) is -4.68. The molecule has 4 atom stereocenters. The lowest BCUT2D eigenvalue weighted by molar-refractivity contribution is -0.165. The summed E-state index contributed by atoms with van der Waals surface area (Å²) in [5.41, 5.74) is 1.10. The summed E-state index contributed by atoms with van der Waals surface area (Å²) in [6, 6.07) is 0. The molecule has 4 N–H and O–H groups in total.